The molecule has 6 heteroatoms. The number of benzene rings is 2. The van der Waals surface area contributed by atoms with Crippen LogP contribution in [-0.2, 0) is 13.1 Å². The first-order valence-electron chi connectivity index (χ1n) is 13.7. The van der Waals surface area contributed by atoms with Gasteiger partial charge in [0.05, 0.1) is 72.8 Å². The minimum Gasteiger partial charge on any atom is -0.326 e. The summed E-state index contributed by atoms with van der Waals surface area (Å²) in [5, 5.41) is 0. The zero-order chi connectivity index (χ0) is 27.1. The third-order valence-electron chi connectivity index (χ3n) is 7.49. The summed E-state index contributed by atoms with van der Waals surface area (Å²) in [7, 11) is 13.4. The number of nitrogens with zero attached hydrogens (tertiary/aromatic N) is 6. The molecule has 0 aliphatic carbocycles. The Kier molecular flexibility index (Phi) is 7.28. The van der Waals surface area contributed by atoms with Crippen molar-refractivity contribution in [1.29, 1.82) is 0 Å². The highest BCUT2D eigenvalue weighted by Crippen LogP contribution is 2.43. The number of hydrogen-bond donors (Lipinski definition) is 0. The Morgan fingerprint density at radius 1 is 0.730 bits per heavy atom. The van der Waals surface area contributed by atoms with Crippen LogP contribution in [-0.4, -0.2) is 59.9 Å². The molecule has 0 amide bonds. The van der Waals surface area contributed by atoms with Gasteiger partial charge in [0.1, 0.15) is 17.2 Å². The third-order valence-corrected chi connectivity index (χ3v) is 7.49. The van der Waals surface area contributed by atoms with Gasteiger partial charge in [-0.2, -0.15) is 0 Å². The fourth-order valence-corrected chi connectivity index (χ4v) is 5.44. The molecule has 198 valence electrons. The molecule has 0 radical (unpaired) electrons. The molecular weight excluding hydrogens is 456 g/mol. The molecule has 0 saturated carbocycles. The monoisotopic (exact) mass is 503 g/mol. The largest absolute Gasteiger partial charge is 0.326 e. The summed E-state index contributed by atoms with van der Waals surface area (Å²) in [6.07, 6.45) is 6.81. The molecular formula is C31H47N6+3. The van der Waals surface area contributed by atoms with Crippen LogP contribution in [0, 0.1) is 0 Å². The highest BCUT2D eigenvalue weighted by molar-refractivity contribution is 5.85. The molecule has 0 spiro atoms. The maximum atomic E-state index is 2.44. The summed E-state index contributed by atoms with van der Waals surface area (Å²) >= 11 is 0. The smallest absolute Gasteiger partial charge is 0.282 e. The predicted molar refractivity (Wildman–Crippen MR) is 162 cm³/mol. The average molecular weight is 504 g/mol. The molecule has 0 bridgehead atoms. The van der Waals surface area contributed by atoms with Gasteiger partial charge in [-0.25, -0.2) is 9.13 Å². The van der Waals surface area contributed by atoms with Gasteiger partial charge in [0.15, 0.2) is 11.0 Å². The molecule has 0 saturated heterocycles. The van der Waals surface area contributed by atoms with Crippen molar-refractivity contribution in [3.05, 3.63) is 60.2 Å². The van der Waals surface area contributed by atoms with Gasteiger partial charge < -0.3 is 9.80 Å². The van der Waals surface area contributed by atoms with E-state index in [4.69, 9.17) is 0 Å². The molecule has 0 fully saturated rings. The van der Waals surface area contributed by atoms with Crippen molar-refractivity contribution < 1.29 is 4.57 Å². The Morgan fingerprint density at radius 3 is 1.89 bits per heavy atom. The fourth-order valence-electron chi connectivity index (χ4n) is 5.44. The fraction of sp³-hybridized carbons (Fsp3) is 0.452. The Balaban J connectivity index is 1.78. The van der Waals surface area contributed by atoms with Crippen LogP contribution >= 0.6 is 0 Å². The lowest BCUT2D eigenvalue weighted by atomic mass is 10.2. The van der Waals surface area contributed by atoms with E-state index < -0.39 is 0 Å². The summed E-state index contributed by atoms with van der Waals surface area (Å²) in [5.74, 6) is 2.48. The first-order valence-corrected chi connectivity index (χ1v) is 13.7. The summed E-state index contributed by atoms with van der Waals surface area (Å²) in [6, 6.07) is 13.8. The zero-order valence-electron chi connectivity index (χ0n) is 24.7. The second kappa shape index (κ2) is 9.99. The van der Waals surface area contributed by atoms with E-state index in [1.807, 2.05) is 0 Å². The van der Waals surface area contributed by atoms with E-state index in [0.29, 0.717) is 0 Å². The quantitative estimate of drug-likeness (QED) is 0.294. The van der Waals surface area contributed by atoms with Crippen molar-refractivity contribution in [3.8, 4) is 0 Å². The Bertz CT molecular complexity index is 1350. The number of anilines is 2. The molecule has 4 rings (SSSR count). The molecule has 1 aliphatic rings. The normalized spacial score (nSPS) is 15.6. The van der Waals surface area contributed by atoms with E-state index in [2.05, 4.69) is 144 Å². The van der Waals surface area contributed by atoms with Crippen LogP contribution in [0.2, 0.25) is 0 Å². The Morgan fingerprint density at radius 2 is 1.32 bits per heavy atom. The summed E-state index contributed by atoms with van der Waals surface area (Å²) in [6.45, 7) is 12.7. The van der Waals surface area contributed by atoms with Crippen LogP contribution in [0.1, 0.15) is 33.5 Å². The standard InChI is InChI=1S/C31H47N6/c1-11-32-26-20-18-24(36(5,6)7)22-28(26)34(13-3)30(32)16-15-17-31-33(12-2)27-21-19-25(37(8,9)10)23-29(27)35(31)14-4/h15-23H,11-14H2,1-10H3/q+3. The zero-order valence-corrected chi connectivity index (χ0v) is 24.7. The van der Waals surface area contributed by atoms with Crippen molar-refractivity contribution in [2.24, 2.45) is 0 Å². The van der Waals surface area contributed by atoms with Crippen LogP contribution in [0.15, 0.2) is 54.4 Å². The lowest BCUT2D eigenvalue weighted by molar-refractivity contribution is -0.670. The van der Waals surface area contributed by atoms with Gasteiger partial charge in [0.25, 0.3) is 5.82 Å². The third kappa shape index (κ3) is 4.80. The van der Waals surface area contributed by atoms with Crippen LogP contribution in [0.5, 0.6) is 0 Å². The van der Waals surface area contributed by atoms with Crippen molar-refractivity contribution in [3.63, 3.8) is 0 Å². The highest BCUT2D eigenvalue weighted by atomic mass is 15.4. The minimum absolute atomic E-state index is 0.810. The van der Waals surface area contributed by atoms with E-state index in [0.717, 1.165) is 35.1 Å². The molecule has 0 N–H and O–H groups in total. The van der Waals surface area contributed by atoms with Gasteiger partial charge in [0.2, 0.25) is 0 Å². The van der Waals surface area contributed by atoms with Crippen LogP contribution in [0.4, 0.5) is 22.7 Å². The summed E-state index contributed by atoms with van der Waals surface area (Å²) in [4.78, 5) is 4.87. The maximum Gasteiger partial charge on any atom is 0.282 e. The number of fused-ring (bicyclic) bond motifs is 2. The molecule has 1 aliphatic heterocycles. The number of hydrogen-bond acceptors (Lipinski definition) is 2. The molecule has 0 atom stereocenters. The Hall–Kier alpha value is -3.09. The number of allylic oxidation sites excluding steroid dienone is 2. The molecule has 2 heterocycles. The maximum absolute atomic E-state index is 2.44. The number of rotatable bonds is 8. The molecule has 3 aromatic rings. The van der Waals surface area contributed by atoms with E-state index in [-0.39, 0.29) is 0 Å². The molecule has 37 heavy (non-hydrogen) atoms. The van der Waals surface area contributed by atoms with Gasteiger partial charge in [-0.15, -0.1) is 0 Å². The highest BCUT2D eigenvalue weighted by Gasteiger charge is 2.31. The van der Waals surface area contributed by atoms with Crippen molar-refractivity contribution in [2.45, 2.75) is 40.8 Å². The van der Waals surface area contributed by atoms with Crippen molar-refractivity contribution in [1.82, 2.24) is 13.5 Å². The molecule has 0 unspecified atom stereocenters. The second-order valence-electron chi connectivity index (χ2n) is 11.6. The number of aryl methyl sites for hydroxylation is 2. The van der Waals surface area contributed by atoms with Crippen LogP contribution < -0.4 is 23.3 Å². The van der Waals surface area contributed by atoms with Crippen molar-refractivity contribution in [2.75, 3.05) is 65.2 Å². The summed E-state index contributed by atoms with van der Waals surface area (Å²) < 4.78 is 6.49. The molecule has 1 aromatic heterocycles. The van der Waals surface area contributed by atoms with Gasteiger partial charge in [-0.05, 0) is 45.9 Å². The Labute approximate surface area is 224 Å². The number of quaternary nitrogens is 2. The first-order chi connectivity index (χ1) is 17.5. The van der Waals surface area contributed by atoms with E-state index in [1.165, 1.54) is 45.4 Å². The first kappa shape index (κ1) is 27.0. The molecule has 6 nitrogen and oxygen atoms in total. The van der Waals surface area contributed by atoms with E-state index >= 15 is 0 Å². The van der Waals surface area contributed by atoms with E-state index in [9.17, 15) is 0 Å². The number of imidazole rings is 1. The van der Waals surface area contributed by atoms with Gasteiger partial charge in [0, 0.05) is 37.4 Å². The van der Waals surface area contributed by atoms with E-state index in [1.54, 1.807) is 0 Å². The SMILES string of the molecule is CCN1/C(=C\C=C\c2n(CC)c3cc([N+](C)(C)C)ccc3[n+]2CC)N(CC)c2cc([N+](C)(C)C)ccc21. The van der Waals surface area contributed by atoms with Gasteiger partial charge in [-0.3, -0.25) is 8.97 Å². The lowest BCUT2D eigenvalue weighted by Gasteiger charge is -2.25. The summed E-state index contributed by atoms with van der Waals surface area (Å²) in [5.41, 5.74) is 7.81. The van der Waals surface area contributed by atoms with Gasteiger partial charge in [-0.1, -0.05) is 6.08 Å². The van der Waals surface area contributed by atoms with Gasteiger partial charge >= 0.3 is 0 Å². The predicted octanol–water partition coefficient (Wildman–Crippen LogP) is 5.58. The number of aromatic nitrogens is 2. The topological polar surface area (TPSA) is 15.3 Å². The van der Waals surface area contributed by atoms with Crippen LogP contribution in [0.25, 0.3) is 17.1 Å². The minimum atomic E-state index is 0.810. The average Bonchev–Trinajstić information content (AvgIpc) is 3.32. The van der Waals surface area contributed by atoms with Crippen LogP contribution in [0.3, 0.4) is 0 Å². The lowest BCUT2D eigenvalue weighted by Crippen LogP contribution is -2.36. The second-order valence-corrected chi connectivity index (χ2v) is 11.6. The van der Waals surface area contributed by atoms with Crippen molar-refractivity contribution >= 4 is 39.9 Å². The molecule has 2 aromatic carbocycles.